The summed E-state index contributed by atoms with van der Waals surface area (Å²) in [6.07, 6.45) is 9.09. The number of halogens is 1. The van der Waals surface area contributed by atoms with E-state index in [1.54, 1.807) is 12.1 Å². The van der Waals surface area contributed by atoms with Crippen LogP contribution in [0.25, 0.3) is 0 Å². The minimum atomic E-state index is 0. The quantitative estimate of drug-likeness (QED) is 0.673. The molecule has 0 amide bonds. The molecular formula is C14H21ClOZr. The minimum absolute atomic E-state index is 0. The fourth-order valence-corrected chi connectivity index (χ4v) is 1.77. The normalized spacial score (nSPS) is 9.24. The summed E-state index contributed by atoms with van der Waals surface area (Å²) >= 11 is 0. The molecule has 0 aromatic heterocycles. The molecule has 0 atom stereocenters. The first-order chi connectivity index (χ1) is 7.33. The summed E-state index contributed by atoms with van der Waals surface area (Å²) < 4.78 is 0. The van der Waals surface area contributed by atoms with Crippen LogP contribution in [-0.4, -0.2) is 0 Å². The van der Waals surface area contributed by atoms with Crippen LogP contribution >= 0.6 is 0 Å². The van der Waals surface area contributed by atoms with Crippen LogP contribution in [0.3, 0.4) is 0 Å². The maximum atomic E-state index is 10.9. The second-order valence-electron chi connectivity index (χ2n) is 4.16. The second-order valence-corrected chi connectivity index (χ2v) is 4.16. The molecule has 0 bridgehead atoms. The molecule has 0 aliphatic rings. The number of rotatable bonds is 7. The summed E-state index contributed by atoms with van der Waals surface area (Å²) in [6, 6.07) is 7.22. The number of benzene rings is 1. The van der Waals surface area contributed by atoms with E-state index in [9.17, 15) is 5.11 Å². The molecule has 0 saturated heterocycles. The van der Waals surface area contributed by atoms with Crippen LogP contribution in [-0.2, 0) is 32.6 Å². The van der Waals surface area contributed by atoms with Gasteiger partial charge in [-0.3, -0.25) is 0 Å². The molecule has 1 aromatic rings. The van der Waals surface area contributed by atoms with Gasteiger partial charge in [0.2, 0.25) is 0 Å². The third-order valence-electron chi connectivity index (χ3n) is 2.74. The summed E-state index contributed by atoms with van der Waals surface area (Å²) in [5.41, 5.74) is 1.30. The number of aryl methyl sites for hydroxylation is 1. The van der Waals surface area contributed by atoms with Crippen LogP contribution in [0, 0.1) is 0 Å². The van der Waals surface area contributed by atoms with Crippen molar-refractivity contribution in [2.24, 2.45) is 0 Å². The topological polar surface area (TPSA) is 23.1 Å². The Labute approximate surface area is 131 Å². The molecule has 0 unspecified atom stereocenters. The zero-order valence-electron chi connectivity index (χ0n) is 10.5. The SMILES string of the molecule is CCCCCCCCc1ccc([O-])cc1.[Cl-].[Zr+2]. The van der Waals surface area contributed by atoms with E-state index in [1.165, 1.54) is 44.1 Å². The van der Waals surface area contributed by atoms with Crippen molar-refractivity contribution in [1.82, 2.24) is 0 Å². The van der Waals surface area contributed by atoms with Gasteiger partial charge in [0.05, 0.1) is 0 Å². The number of hydrogen-bond acceptors (Lipinski definition) is 1. The van der Waals surface area contributed by atoms with Crippen LogP contribution in [0.2, 0.25) is 0 Å². The van der Waals surface area contributed by atoms with Gasteiger partial charge in [-0.15, -0.1) is 5.75 Å². The Morgan fingerprint density at radius 3 is 2.00 bits per heavy atom. The molecule has 0 saturated carbocycles. The Bertz CT molecular complexity index is 261. The Kier molecular flexibility index (Phi) is 14.5. The third-order valence-corrected chi connectivity index (χ3v) is 2.74. The average Bonchev–Trinajstić information content (AvgIpc) is 2.26. The van der Waals surface area contributed by atoms with Gasteiger partial charge in [-0.05, 0) is 18.4 Å². The first-order valence-electron chi connectivity index (χ1n) is 6.09. The van der Waals surface area contributed by atoms with Gasteiger partial charge in [-0.2, -0.15) is 0 Å². The third kappa shape index (κ3) is 9.86. The van der Waals surface area contributed by atoms with Crippen molar-refractivity contribution in [2.75, 3.05) is 0 Å². The predicted molar refractivity (Wildman–Crippen MR) is 63.0 cm³/mol. The molecule has 3 heteroatoms. The van der Waals surface area contributed by atoms with E-state index in [2.05, 4.69) is 6.92 Å². The zero-order chi connectivity index (χ0) is 10.9. The summed E-state index contributed by atoms with van der Waals surface area (Å²) in [4.78, 5) is 0. The maximum Gasteiger partial charge on any atom is 2.00 e. The molecule has 0 aliphatic heterocycles. The summed E-state index contributed by atoms with van der Waals surface area (Å²) in [5.74, 6) is 0.113. The molecule has 0 N–H and O–H groups in total. The van der Waals surface area contributed by atoms with Gasteiger partial charge < -0.3 is 17.5 Å². The van der Waals surface area contributed by atoms with Crippen LogP contribution < -0.4 is 17.5 Å². The van der Waals surface area contributed by atoms with Crippen molar-refractivity contribution >= 4 is 0 Å². The molecule has 0 spiro atoms. The first kappa shape index (κ1) is 19.5. The van der Waals surface area contributed by atoms with E-state index in [1.807, 2.05) is 12.1 Å². The Morgan fingerprint density at radius 1 is 0.882 bits per heavy atom. The number of unbranched alkanes of at least 4 members (excludes halogenated alkanes) is 5. The fourth-order valence-electron chi connectivity index (χ4n) is 1.77. The van der Waals surface area contributed by atoms with Crippen molar-refractivity contribution < 1.29 is 43.7 Å². The van der Waals surface area contributed by atoms with Crippen LogP contribution in [0.5, 0.6) is 5.75 Å². The van der Waals surface area contributed by atoms with Crippen LogP contribution in [0.15, 0.2) is 24.3 Å². The van der Waals surface area contributed by atoms with Gasteiger partial charge in [0.25, 0.3) is 0 Å². The Balaban J connectivity index is 0. The Morgan fingerprint density at radius 2 is 1.41 bits per heavy atom. The molecule has 0 fully saturated rings. The van der Waals surface area contributed by atoms with Crippen molar-refractivity contribution in [3.8, 4) is 5.75 Å². The zero-order valence-corrected chi connectivity index (χ0v) is 13.8. The molecule has 1 nitrogen and oxygen atoms in total. The largest absolute Gasteiger partial charge is 2.00 e. The fraction of sp³-hybridized carbons (Fsp3) is 0.571. The van der Waals surface area contributed by atoms with E-state index < -0.39 is 0 Å². The van der Waals surface area contributed by atoms with Crippen molar-refractivity contribution in [3.05, 3.63) is 29.8 Å². The van der Waals surface area contributed by atoms with Gasteiger partial charge in [0.1, 0.15) is 0 Å². The van der Waals surface area contributed by atoms with E-state index in [0.29, 0.717) is 0 Å². The molecule has 0 aliphatic carbocycles. The van der Waals surface area contributed by atoms with Gasteiger partial charge in [0, 0.05) is 0 Å². The van der Waals surface area contributed by atoms with Crippen molar-refractivity contribution in [1.29, 1.82) is 0 Å². The van der Waals surface area contributed by atoms with E-state index >= 15 is 0 Å². The Hall–Kier alpha value is 0.193. The molecule has 1 aromatic carbocycles. The molecule has 94 valence electrons. The van der Waals surface area contributed by atoms with E-state index in [0.717, 1.165) is 6.42 Å². The van der Waals surface area contributed by atoms with Crippen molar-refractivity contribution in [2.45, 2.75) is 51.9 Å². The standard InChI is InChI=1S/C14H22O.ClH.Zr/c1-2-3-4-5-6-7-8-13-9-11-14(15)12-10-13;;/h9-12,15H,2-8H2,1H3;1H;/q;;+2/p-2. The minimum Gasteiger partial charge on any atom is -1.00 e. The molecule has 0 radical (unpaired) electrons. The smallest absolute Gasteiger partial charge is 1.00 e. The van der Waals surface area contributed by atoms with Crippen LogP contribution in [0.1, 0.15) is 51.0 Å². The molecule has 0 heterocycles. The summed E-state index contributed by atoms with van der Waals surface area (Å²) in [7, 11) is 0. The van der Waals surface area contributed by atoms with Crippen molar-refractivity contribution in [3.63, 3.8) is 0 Å². The van der Waals surface area contributed by atoms with Gasteiger partial charge in [-0.25, -0.2) is 0 Å². The van der Waals surface area contributed by atoms with Gasteiger partial charge in [-0.1, -0.05) is 63.3 Å². The predicted octanol–water partition coefficient (Wildman–Crippen LogP) is 0.665. The average molecular weight is 332 g/mol. The molecular weight excluding hydrogens is 311 g/mol. The monoisotopic (exact) mass is 330 g/mol. The number of hydrogen-bond donors (Lipinski definition) is 0. The summed E-state index contributed by atoms with van der Waals surface area (Å²) in [5, 5.41) is 10.9. The van der Waals surface area contributed by atoms with Gasteiger partial charge >= 0.3 is 26.2 Å². The molecule has 17 heavy (non-hydrogen) atoms. The van der Waals surface area contributed by atoms with Gasteiger partial charge in [0.15, 0.2) is 0 Å². The maximum absolute atomic E-state index is 10.9. The molecule has 1 rings (SSSR count). The van der Waals surface area contributed by atoms with E-state index in [4.69, 9.17) is 0 Å². The summed E-state index contributed by atoms with van der Waals surface area (Å²) in [6.45, 7) is 2.24. The van der Waals surface area contributed by atoms with E-state index in [-0.39, 0.29) is 44.4 Å². The first-order valence-corrected chi connectivity index (χ1v) is 6.09. The second kappa shape index (κ2) is 12.6. The van der Waals surface area contributed by atoms with Crippen LogP contribution in [0.4, 0.5) is 0 Å².